The number of aromatic nitrogens is 1. The van der Waals surface area contributed by atoms with Gasteiger partial charge in [-0.3, -0.25) is 9.59 Å². The van der Waals surface area contributed by atoms with Crippen LogP contribution in [0.3, 0.4) is 0 Å². The summed E-state index contributed by atoms with van der Waals surface area (Å²) >= 11 is 0. The fourth-order valence-corrected chi connectivity index (χ4v) is 3.98. The summed E-state index contributed by atoms with van der Waals surface area (Å²) in [6.07, 6.45) is -0.155. The number of rotatable bonds is 6. The van der Waals surface area contributed by atoms with Crippen molar-refractivity contribution in [1.82, 2.24) is 4.57 Å². The van der Waals surface area contributed by atoms with E-state index in [2.05, 4.69) is 4.74 Å². The summed E-state index contributed by atoms with van der Waals surface area (Å²) in [5, 5.41) is 1.58. The van der Waals surface area contributed by atoms with Gasteiger partial charge in [0.05, 0.1) is 19.1 Å². The number of ketones is 1. The molecular weight excluding hydrogens is 410 g/mol. The monoisotopic (exact) mass is 433 g/mol. The Labute approximate surface area is 184 Å². The van der Waals surface area contributed by atoms with Gasteiger partial charge in [-0.15, -0.1) is 0 Å². The third-order valence-electron chi connectivity index (χ3n) is 5.86. The quantitative estimate of drug-likeness (QED) is 0.261. The highest BCUT2D eigenvalue weighted by molar-refractivity contribution is 6.10. The van der Waals surface area contributed by atoms with Crippen LogP contribution in [0.5, 0.6) is 5.75 Å². The number of ether oxygens (including phenoxy) is 2. The Morgan fingerprint density at radius 3 is 2.56 bits per heavy atom. The largest absolute Gasteiger partial charge is 0.485 e. The second-order valence-corrected chi connectivity index (χ2v) is 7.65. The summed E-state index contributed by atoms with van der Waals surface area (Å²) in [5.74, 6) is -0.237. The van der Waals surface area contributed by atoms with Crippen LogP contribution in [0.1, 0.15) is 27.2 Å². The second kappa shape index (κ2) is 8.34. The maximum atomic E-state index is 13.0. The van der Waals surface area contributed by atoms with Gasteiger partial charge in [-0.05, 0) is 37.6 Å². The standard InChI is InChI=1S/C25H23NO6/c1-14-17-10-9-16(11-22(17)32-25(29)19(14)12-23(28)30-4)31-13-21(27)24-15(2)26(3)20-8-6-5-7-18(20)24/h5-11H,12-13H2,1-4H3. The van der Waals surface area contributed by atoms with E-state index in [-0.39, 0.29) is 24.4 Å². The number of esters is 1. The van der Waals surface area contributed by atoms with Gasteiger partial charge in [0, 0.05) is 40.7 Å². The third-order valence-corrected chi connectivity index (χ3v) is 5.86. The molecule has 4 aromatic rings. The molecule has 0 aliphatic carbocycles. The highest BCUT2D eigenvalue weighted by Crippen LogP contribution is 2.27. The topological polar surface area (TPSA) is 87.7 Å². The van der Waals surface area contributed by atoms with Crippen molar-refractivity contribution in [1.29, 1.82) is 0 Å². The Balaban J connectivity index is 1.60. The van der Waals surface area contributed by atoms with Crippen molar-refractivity contribution in [2.24, 2.45) is 7.05 Å². The van der Waals surface area contributed by atoms with Crippen molar-refractivity contribution < 1.29 is 23.5 Å². The van der Waals surface area contributed by atoms with Crippen LogP contribution < -0.4 is 10.4 Å². The van der Waals surface area contributed by atoms with Crippen LogP contribution in [0, 0.1) is 13.8 Å². The minimum absolute atomic E-state index is 0.134. The fraction of sp³-hybridized carbons (Fsp3) is 0.240. The van der Waals surface area contributed by atoms with Gasteiger partial charge in [0.25, 0.3) is 0 Å². The minimum atomic E-state index is -0.597. The van der Waals surface area contributed by atoms with Crippen LogP contribution in [0.15, 0.2) is 51.7 Å². The lowest BCUT2D eigenvalue weighted by Crippen LogP contribution is -2.16. The Morgan fingerprint density at radius 1 is 1.06 bits per heavy atom. The van der Waals surface area contributed by atoms with E-state index in [9.17, 15) is 14.4 Å². The fourth-order valence-electron chi connectivity index (χ4n) is 3.98. The highest BCUT2D eigenvalue weighted by atomic mass is 16.5. The molecule has 0 N–H and O–H groups in total. The van der Waals surface area contributed by atoms with Gasteiger partial charge < -0.3 is 18.5 Å². The van der Waals surface area contributed by atoms with Crippen LogP contribution in [-0.4, -0.2) is 30.0 Å². The molecule has 0 saturated carbocycles. The molecule has 0 aliphatic heterocycles. The summed E-state index contributed by atoms with van der Waals surface area (Å²) < 4.78 is 17.8. The van der Waals surface area contributed by atoms with Crippen molar-refractivity contribution >= 4 is 33.6 Å². The van der Waals surface area contributed by atoms with E-state index in [1.807, 2.05) is 42.8 Å². The molecule has 7 nitrogen and oxygen atoms in total. The van der Waals surface area contributed by atoms with Crippen molar-refractivity contribution in [3.63, 3.8) is 0 Å². The molecule has 0 aliphatic rings. The number of benzene rings is 2. The maximum absolute atomic E-state index is 13.0. The zero-order valence-electron chi connectivity index (χ0n) is 18.4. The first-order chi connectivity index (χ1) is 15.3. The van der Waals surface area contributed by atoms with Gasteiger partial charge in [-0.1, -0.05) is 18.2 Å². The van der Waals surface area contributed by atoms with E-state index in [4.69, 9.17) is 9.15 Å². The number of carbonyl (C=O) groups excluding carboxylic acids is 2. The predicted octanol–water partition coefficient (Wildman–Crippen LogP) is 3.88. The molecule has 0 bridgehead atoms. The van der Waals surface area contributed by atoms with E-state index < -0.39 is 11.6 Å². The maximum Gasteiger partial charge on any atom is 0.340 e. The molecule has 0 radical (unpaired) electrons. The van der Waals surface area contributed by atoms with Crippen LogP contribution >= 0.6 is 0 Å². The van der Waals surface area contributed by atoms with Gasteiger partial charge in [0.2, 0.25) is 5.78 Å². The lowest BCUT2D eigenvalue weighted by atomic mass is 10.0. The van der Waals surface area contributed by atoms with E-state index in [0.717, 1.165) is 16.6 Å². The Kier molecular flexibility index (Phi) is 5.57. The summed E-state index contributed by atoms with van der Waals surface area (Å²) in [4.78, 5) is 36.9. The molecule has 0 saturated heterocycles. The number of para-hydroxylation sites is 1. The molecule has 0 fully saturated rings. The second-order valence-electron chi connectivity index (χ2n) is 7.65. The number of fused-ring (bicyclic) bond motifs is 2. The molecule has 2 aromatic heterocycles. The molecule has 7 heteroatoms. The van der Waals surface area contributed by atoms with E-state index in [1.54, 1.807) is 25.1 Å². The Hall–Kier alpha value is -3.87. The van der Waals surface area contributed by atoms with Crippen LogP contribution in [-0.2, 0) is 23.0 Å². The first kappa shape index (κ1) is 21.4. The lowest BCUT2D eigenvalue weighted by molar-refractivity contribution is -0.139. The van der Waals surface area contributed by atoms with Crippen LogP contribution in [0.2, 0.25) is 0 Å². The Morgan fingerprint density at radius 2 is 1.81 bits per heavy atom. The summed E-state index contributed by atoms with van der Waals surface area (Å²) in [7, 11) is 3.20. The molecular formula is C25H23NO6. The average Bonchev–Trinajstić information content (AvgIpc) is 3.05. The number of aryl methyl sites for hydroxylation is 2. The molecule has 4 rings (SSSR count). The normalized spacial score (nSPS) is 11.1. The summed E-state index contributed by atoms with van der Waals surface area (Å²) in [6.45, 7) is 3.52. The molecule has 0 amide bonds. The van der Waals surface area contributed by atoms with E-state index >= 15 is 0 Å². The molecule has 32 heavy (non-hydrogen) atoms. The number of carbonyl (C=O) groups is 2. The summed E-state index contributed by atoms with van der Waals surface area (Å²) in [6, 6.07) is 12.8. The average molecular weight is 433 g/mol. The molecule has 0 spiro atoms. The first-order valence-corrected chi connectivity index (χ1v) is 10.1. The van der Waals surface area contributed by atoms with E-state index in [0.29, 0.717) is 27.8 Å². The predicted molar refractivity (Wildman–Crippen MR) is 120 cm³/mol. The lowest BCUT2D eigenvalue weighted by Gasteiger charge is -2.10. The number of methoxy groups -OCH3 is 1. The number of Topliss-reactive ketones (excluding diaryl/α,β-unsaturated/α-hetero) is 1. The number of nitrogens with zero attached hydrogens (tertiary/aromatic N) is 1. The zero-order chi connectivity index (χ0) is 23.0. The molecule has 0 unspecified atom stereocenters. The first-order valence-electron chi connectivity index (χ1n) is 10.1. The molecule has 2 heterocycles. The minimum Gasteiger partial charge on any atom is -0.485 e. The third kappa shape index (κ3) is 3.66. The SMILES string of the molecule is COC(=O)Cc1c(C)c2ccc(OCC(=O)c3c(C)n(C)c4ccccc34)cc2oc1=O. The molecule has 0 atom stereocenters. The van der Waals surface area contributed by atoms with Gasteiger partial charge in [0.15, 0.2) is 6.61 Å². The number of hydrogen-bond donors (Lipinski definition) is 0. The van der Waals surface area contributed by atoms with Crippen molar-refractivity contribution in [3.8, 4) is 5.75 Å². The van der Waals surface area contributed by atoms with Gasteiger partial charge in [-0.2, -0.15) is 0 Å². The smallest absolute Gasteiger partial charge is 0.340 e. The van der Waals surface area contributed by atoms with Gasteiger partial charge in [-0.25, -0.2) is 4.79 Å². The van der Waals surface area contributed by atoms with Crippen LogP contribution in [0.25, 0.3) is 21.9 Å². The van der Waals surface area contributed by atoms with Gasteiger partial charge >= 0.3 is 11.6 Å². The van der Waals surface area contributed by atoms with E-state index in [1.165, 1.54) is 7.11 Å². The zero-order valence-corrected chi connectivity index (χ0v) is 18.4. The van der Waals surface area contributed by atoms with Crippen molar-refractivity contribution in [2.75, 3.05) is 13.7 Å². The number of hydrogen-bond acceptors (Lipinski definition) is 6. The highest BCUT2D eigenvalue weighted by Gasteiger charge is 2.19. The van der Waals surface area contributed by atoms with Gasteiger partial charge in [0.1, 0.15) is 11.3 Å². The molecule has 164 valence electrons. The molecule has 2 aromatic carbocycles. The Bertz CT molecular complexity index is 1430. The van der Waals surface area contributed by atoms with Crippen molar-refractivity contribution in [3.05, 3.63) is 75.3 Å². The van der Waals surface area contributed by atoms with Crippen molar-refractivity contribution in [2.45, 2.75) is 20.3 Å². The van der Waals surface area contributed by atoms with Crippen LogP contribution in [0.4, 0.5) is 0 Å². The summed E-state index contributed by atoms with van der Waals surface area (Å²) in [5.41, 5.74) is 3.14.